The van der Waals surface area contributed by atoms with Gasteiger partial charge in [-0.15, -0.1) is 0 Å². The lowest BCUT2D eigenvalue weighted by Gasteiger charge is -2.11. The molecule has 0 aliphatic carbocycles. The molecule has 0 saturated heterocycles. The molecule has 6 nitrogen and oxygen atoms in total. The zero-order valence-electron chi connectivity index (χ0n) is 16.6. The van der Waals surface area contributed by atoms with Gasteiger partial charge in [0.05, 0.1) is 22.7 Å². The van der Waals surface area contributed by atoms with Crippen LogP contribution >= 0.6 is 0 Å². The van der Waals surface area contributed by atoms with E-state index in [1.165, 1.54) is 0 Å². The van der Waals surface area contributed by atoms with E-state index in [0.717, 1.165) is 34.1 Å². The number of azo groups is 2. The Bertz CT molecular complexity index is 859. The molecule has 3 aromatic rings. The highest BCUT2D eigenvalue weighted by Gasteiger charge is 1.97. The van der Waals surface area contributed by atoms with Crippen molar-refractivity contribution in [1.29, 1.82) is 0 Å². The van der Waals surface area contributed by atoms with Crippen LogP contribution in [-0.2, 0) is 0 Å². The second kappa shape index (κ2) is 8.90. The molecule has 28 heavy (non-hydrogen) atoms. The van der Waals surface area contributed by atoms with E-state index in [9.17, 15) is 0 Å². The Kier molecular flexibility index (Phi) is 6.11. The molecule has 3 aromatic carbocycles. The Morgan fingerprint density at radius 2 is 0.607 bits per heavy atom. The molecule has 0 amide bonds. The third-order valence-corrected chi connectivity index (χ3v) is 4.14. The van der Waals surface area contributed by atoms with Crippen molar-refractivity contribution in [1.82, 2.24) is 0 Å². The minimum atomic E-state index is 0.769. The molecular weight excluding hydrogens is 348 g/mol. The summed E-state index contributed by atoms with van der Waals surface area (Å²) in [6, 6.07) is 23.4. The minimum Gasteiger partial charge on any atom is -0.378 e. The first-order chi connectivity index (χ1) is 13.5. The molecule has 0 heterocycles. The summed E-state index contributed by atoms with van der Waals surface area (Å²) < 4.78 is 0. The normalized spacial score (nSPS) is 11.3. The molecule has 0 aliphatic rings. The number of nitrogens with zero attached hydrogens (tertiary/aromatic N) is 6. The maximum Gasteiger partial charge on any atom is 0.0858 e. The first-order valence-electron chi connectivity index (χ1n) is 8.99. The van der Waals surface area contributed by atoms with E-state index >= 15 is 0 Å². The molecule has 6 heteroatoms. The predicted molar refractivity (Wildman–Crippen MR) is 116 cm³/mol. The molecule has 0 aliphatic heterocycles. The SMILES string of the molecule is CN(C)c1ccc(N=Nc2ccc(N=Nc3ccc(N(C)C)cc3)cc2)cc1. The first-order valence-corrected chi connectivity index (χ1v) is 8.99. The van der Waals surface area contributed by atoms with Gasteiger partial charge in [-0.2, -0.15) is 20.5 Å². The van der Waals surface area contributed by atoms with E-state index < -0.39 is 0 Å². The average Bonchev–Trinajstić information content (AvgIpc) is 2.72. The molecule has 0 N–H and O–H groups in total. The molecule has 0 bridgehead atoms. The van der Waals surface area contributed by atoms with Crippen molar-refractivity contribution in [2.45, 2.75) is 0 Å². The lowest BCUT2D eigenvalue weighted by atomic mass is 10.3. The Hall–Kier alpha value is -3.54. The highest BCUT2D eigenvalue weighted by atomic mass is 15.1. The maximum atomic E-state index is 4.27. The zero-order chi connectivity index (χ0) is 19.9. The number of hydrogen-bond acceptors (Lipinski definition) is 6. The van der Waals surface area contributed by atoms with Crippen LogP contribution in [0.2, 0.25) is 0 Å². The van der Waals surface area contributed by atoms with Crippen molar-refractivity contribution >= 4 is 34.1 Å². The van der Waals surface area contributed by atoms with Crippen molar-refractivity contribution in [2.24, 2.45) is 20.5 Å². The highest BCUT2D eigenvalue weighted by molar-refractivity contribution is 5.53. The van der Waals surface area contributed by atoms with Crippen LogP contribution < -0.4 is 9.80 Å². The van der Waals surface area contributed by atoms with E-state index in [1.807, 2.05) is 111 Å². The van der Waals surface area contributed by atoms with Gasteiger partial charge < -0.3 is 9.80 Å². The fraction of sp³-hybridized carbons (Fsp3) is 0.182. The van der Waals surface area contributed by atoms with Crippen molar-refractivity contribution in [3.63, 3.8) is 0 Å². The Morgan fingerprint density at radius 3 is 0.821 bits per heavy atom. The molecule has 0 spiro atoms. The Labute approximate surface area is 165 Å². The van der Waals surface area contributed by atoms with E-state index in [1.54, 1.807) is 0 Å². The zero-order valence-corrected chi connectivity index (χ0v) is 16.6. The lowest BCUT2D eigenvalue weighted by molar-refractivity contribution is 1.13. The maximum absolute atomic E-state index is 4.27. The van der Waals surface area contributed by atoms with Crippen LogP contribution in [0.1, 0.15) is 0 Å². The van der Waals surface area contributed by atoms with Gasteiger partial charge >= 0.3 is 0 Å². The standard InChI is InChI=1S/C22H24N6/c1-27(2)21-13-9-19(10-14-21)25-23-17-5-7-18(8-6-17)24-26-20-11-15-22(16-12-20)28(3)4/h5-16H,1-4H3. The second-order valence-corrected chi connectivity index (χ2v) is 6.74. The number of anilines is 2. The fourth-order valence-electron chi connectivity index (χ4n) is 2.45. The monoisotopic (exact) mass is 372 g/mol. The third kappa shape index (κ3) is 5.23. The van der Waals surface area contributed by atoms with Gasteiger partial charge in [-0.1, -0.05) is 0 Å². The van der Waals surface area contributed by atoms with Gasteiger partial charge in [0.25, 0.3) is 0 Å². The minimum absolute atomic E-state index is 0.769. The van der Waals surface area contributed by atoms with E-state index in [4.69, 9.17) is 0 Å². The molecule has 0 fully saturated rings. The van der Waals surface area contributed by atoms with Gasteiger partial charge in [-0.3, -0.25) is 0 Å². The fourth-order valence-corrected chi connectivity index (χ4v) is 2.45. The number of rotatable bonds is 6. The van der Waals surface area contributed by atoms with Gasteiger partial charge in [-0.05, 0) is 72.8 Å². The summed E-state index contributed by atoms with van der Waals surface area (Å²) in [7, 11) is 8.03. The van der Waals surface area contributed by atoms with Crippen LogP contribution in [0.15, 0.2) is 93.3 Å². The summed E-state index contributed by atoms with van der Waals surface area (Å²) in [5, 5.41) is 17.1. The summed E-state index contributed by atoms with van der Waals surface area (Å²) in [5.41, 5.74) is 5.43. The van der Waals surface area contributed by atoms with E-state index in [2.05, 4.69) is 20.5 Å². The van der Waals surface area contributed by atoms with Crippen molar-refractivity contribution < 1.29 is 0 Å². The van der Waals surface area contributed by atoms with Crippen LogP contribution in [0, 0.1) is 0 Å². The van der Waals surface area contributed by atoms with Gasteiger partial charge in [0.1, 0.15) is 0 Å². The predicted octanol–water partition coefficient (Wildman–Crippen LogP) is 6.65. The van der Waals surface area contributed by atoms with Crippen LogP contribution in [0.5, 0.6) is 0 Å². The van der Waals surface area contributed by atoms with E-state index in [0.29, 0.717) is 0 Å². The summed E-state index contributed by atoms with van der Waals surface area (Å²) in [4.78, 5) is 4.09. The number of benzene rings is 3. The van der Waals surface area contributed by atoms with Crippen LogP contribution in [0.3, 0.4) is 0 Å². The van der Waals surface area contributed by atoms with Gasteiger partial charge in [0, 0.05) is 39.6 Å². The molecule has 0 aromatic heterocycles. The molecule has 0 saturated carbocycles. The van der Waals surface area contributed by atoms with Gasteiger partial charge in [0.15, 0.2) is 0 Å². The molecule has 0 unspecified atom stereocenters. The largest absolute Gasteiger partial charge is 0.378 e. The smallest absolute Gasteiger partial charge is 0.0858 e. The summed E-state index contributed by atoms with van der Waals surface area (Å²) >= 11 is 0. The lowest BCUT2D eigenvalue weighted by Crippen LogP contribution is -2.07. The van der Waals surface area contributed by atoms with Crippen LogP contribution in [0.4, 0.5) is 34.1 Å². The average molecular weight is 372 g/mol. The summed E-state index contributed by atoms with van der Waals surface area (Å²) in [5.74, 6) is 0. The Balaban J connectivity index is 1.62. The topological polar surface area (TPSA) is 55.9 Å². The van der Waals surface area contributed by atoms with Crippen molar-refractivity contribution in [2.75, 3.05) is 38.0 Å². The first kappa shape index (κ1) is 19.2. The summed E-state index contributed by atoms with van der Waals surface area (Å²) in [6.45, 7) is 0. The van der Waals surface area contributed by atoms with Crippen LogP contribution in [-0.4, -0.2) is 28.2 Å². The summed E-state index contributed by atoms with van der Waals surface area (Å²) in [6.07, 6.45) is 0. The molecule has 0 atom stereocenters. The van der Waals surface area contributed by atoms with E-state index in [-0.39, 0.29) is 0 Å². The highest BCUT2D eigenvalue weighted by Crippen LogP contribution is 2.25. The van der Waals surface area contributed by atoms with Gasteiger partial charge in [-0.25, -0.2) is 0 Å². The quantitative estimate of drug-likeness (QED) is 0.455. The molecular formula is C22H24N6. The van der Waals surface area contributed by atoms with Crippen molar-refractivity contribution in [3.8, 4) is 0 Å². The van der Waals surface area contributed by atoms with Crippen molar-refractivity contribution in [3.05, 3.63) is 72.8 Å². The Morgan fingerprint density at radius 1 is 0.393 bits per heavy atom. The van der Waals surface area contributed by atoms with Gasteiger partial charge in [0.2, 0.25) is 0 Å². The molecule has 0 radical (unpaired) electrons. The van der Waals surface area contributed by atoms with Crippen LogP contribution in [0.25, 0.3) is 0 Å². The second-order valence-electron chi connectivity index (χ2n) is 6.74. The molecule has 142 valence electrons. The molecule has 3 rings (SSSR count). The number of hydrogen-bond donors (Lipinski definition) is 0. The third-order valence-electron chi connectivity index (χ3n) is 4.14.